The molecule has 3 rings (SSSR count). The number of amides is 1. The first kappa shape index (κ1) is 15.8. The van der Waals surface area contributed by atoms with Gasteiger partial charge in [0.15, 0.2) is 0 Å². The van der Waals surface area contributed by atoms with E-state index < -0.39 is 5.60 Å². The summed E-state index contributed by atoms with van der Waals surface area (Å²) in [5.74, 6) is 0.369. The zero-order valence-electron chi connectivity index (χ0n) is 14.1. The van der Waals surface area contributed by atoms with Crippen LogP contribution in [0.4, 0.5) is 10.5 Å². The van der Waals surface area contributed by atoms with Crippen molar-refractivity contribution in [1.82, 2.24) is 10.3 Å². The highest BCUT2D eigenvalue weighted by molar-refractivity contribution is 5.68. The summed E-state index contributed by atoms with van der Waals surface area (Å²) in [5.41, 5.74) is 3.27. The number of aromatic nitrogens is 1. The second kappa shape index (κ2) is 6.22. The first-order valence-electron chi connectivity index (χ1n) is 8.29. The summed E-state index contributed by atoms with van der Waals surface area (Å²) < 4.78 is 5.32. The molecule has 0 radical (unpaired) electrons. The van der Waals surface area contributed by atoms with Gasteiger partial charge in [-0.3, -0.25) is 4.98 Å². The van der Waals surface area contributed by atoms with Crippen LogP contribution in [0.25, 0.3) is 0 Å². The number of carbonyl (C=O) groups is 1. The average Bonchev–Trinajstić information content (AvgIpc) is 2.90. The van der Waals surface area contributed by atoms with Crippen molar-refractivity contribution in [2.24, 2.45) is 0 Å². The third-order valence-electron chi connectivity index (χ3n) is 4.28. The van der Waals surface area contributed by atoms with Crippen molar-refractivity contribution in [1.29, 1.82) is 0 Å². The standard InChI is InChI=1S/C18H25N3O2/c1-18(2,3)23-17(22)21-13-8-6-12(7-9-13)14-11-20-15-5-4-10-19-16(14)15/h4-6,10,13-14,20H,7-9,11H2,1-3H3,(H,21,22). The Hall–Kier alpha value is -2.04. The van der Waals surface area contributed by atoms with Gasteiger partial charge in [-0.15, -0.1) is 0 Å². The van der Waals surface area contributed by atoms with E-state index in [2.05, 4.69) is 27.8 Å². The normalized spacial score (nSPS) is 23.5. The highest BCUT2D eigenvalue weighted by atomic mass is 16.6. The molecular weight excluding hydrogens is 290 g/mol. The van der Waals surface area contributed by atoms with Crippen LogP contribution in [0.15, 0.2) is 30.0 Å². The molecule has 5 nitrogen and oxygen atoms in total. The maximum absolute atomic E-state index is 11.9. The van der Waals surface area contributed by atoms with Gasteiger partial charge in [0.25, 0.3) is 0 Å². The molecule has 1 amide bonds. The van der Waals surface area contributed by atoms with E-state index in [9.17, 15) is 4.79 Å². The first-order valence-corrected chi connectivity index (χ1v) is 8.29. The number of anilines is 1. The maximum Gasteiger partial charge on any atom is 0.407 e. The first-order chi connectivity index (χ1) is 10.9. The Balaban J connectivity index is 1.58. The van der Waals surface area contributed by atoms with Gasteiger partial charge in [-0.25, -0.2) is 4.79 Å². The molecule has 2 heterocycles. The van der Waals surface area contributed by atoms with E-state index in [-0.39, 0.29) is 12.1 Å². The summed E-state index contributed by atoms with van der Waals surface area (Å²) in [6.45, 7) is 6.55. The second-order valence-electron chi connectivity index (χ2n) is 7.27. The van der Waals surface area contributed by atoms with Gasteiger partial charge in [-0.2, -0.15) is 0 Å². The zero-order chi connectivity index (χ0) is 16.4. The molecule has 2 N–H and O–H groups in total. The Bertz CT molecular complexity index is 619. The predicted molar refractivity (Wildman–Crippen MR) is 90.6 cm³/mol. The molecule has 2 atom stereocenters. The summed E-state index contributed by atoms with van der Waals surface area (Å²) in [6.07, 6.45) is 6.59. The number of rotatable bonds is 2. The van der Waals surface area contributed by atoms with E-state index in [0.717, 1.165) is 37.2 Å². The Morgan fingerprint density at radius 1 is 1.43 bits per heavy atom. The number of hydrogen-bond donors (Lipinski definition) is 2. The fraction of sp³-hybridized carbons (Fsp3) is 0.556. The lowest BCUT2D eigenvalue weighted by Crippen LogP contribution is -2.39. The lowest BCUT2D eigenvalue weighted by Gasteiger charge is -2.27. The molecular formula is C18H25N3O2. The summed E-state index contributed by atoms with van der Waals surface area (Å²) in [5, 5.41) is 6.39. The second-order valence-corrected chi connectivity index (χ2v) is 7.27. The van der Waals surface area contributed by atoms with Gasteiger partial charge in [-0.1, -0.05) is 11.6 Å². The number of nitrogens with zero attached hydrogens (tertiary/aromatic N) is 1. The Morgan fingerprint density at radius 3 is 2.96 bits per heavy atom. The van der Waals surface area contributed by atoms with Crippen molar-refractivity contribution < 1.29 is 9.53 Å². The van der Waals surface area contributed by atoms with E-state index in [1.807, 2.05) is 33.0 Å². The molecule has 23 heavy (non-hydrogen) atoms. The summed E-state index contributed by atoms with van der Waals surface area (Å²) in [7, 11) is 0. The molecule has 5 heteroatoms. The van der Waals surface area contributed by atoms with Crippen molar-refractivity contribution in [3.63, 3.8) is 0 Å². The molecule has 124 valence electrons. The Morgan fingerprint density at radius 2 is 2.26 bits per heavy atom. The number of carbonyl (C=O) groups excluding carboxylic acids is 1. The van der Waals surface area contributed by atoms with E-state index in [1.165, 1.54) is 5.57 Å². The van der Waals surface area contributed by atoms with Gasteiger partial charge in [0.05, 0.1) is 11.4 Å². The van der Waals surface area contributed by atoms with Crippen LogP contribution in [-0.2, 0) is 4.74 Å². The molecule has 0 bridgehead atoms. The van der Waals surface area contributed by atoms with Crippen molar-refractivity contribution in [2.45, 2.75) is 57.6 Å². The summed E-state index contributed by atoms with van der Waals surface area (Å²) in [6, 6.07) is 4.20. The van der Waals surface area contributed by atoms with Crippen LogP contribution >= 0.6 is 0 Å². The SMILES string of the molecule is CC(C)(C)OC(=O)NC1CC=C(C2CNc3cccnc32)CC1. The predicted octanol–water partition coefficient (Wildman–Crippen LogP) is 3.59. The van der Waals surface area contributed by atoms with Crippen molar-refractivity contribution in [2.75, 3.05) is 11.9 Å². The number of nitrogens with one attached hydrogen (secondary N) is 2. The van der Waals surface area contributed by atoms with Crippen LogP contribution in [0.1, 0.15) is 51.6 Å². The summed E-state index contributed by atoms with van der Waals surface area (Å²) in [4.78, 5) is 16.4. The van der Waals surface area contributed by atoms with Crippen molar-refractivity contribution in [3.8, 4) is 0 Å². The highest BCUT2D eigenvalue weighted by Crippen LogP contribution is 2.38. The minimum atomic E-state index is -0.454. The molecule has 0 spiro atoms. The van der Waals surface area contributed by atoms with E-state index >= 15 is 0 Å². The number of fused-ring (bicyclic) bond motifs is 1. The largest absolute Gasteiger partial charge is 0.444 e. The van der Waals surface area contributed by atoms with Crippen LogP contribution < -0.4 is 10.6 Å². The van der Waals surface area contributed by atoms with Gasteiger partial charge in [0.1, 0.15) is 5.60 Å². The topological polar surface area (TPSA) is 63.2 Å². The van der Waals surface area contributed by atoms with Gasteiger partial charge >= 0.3 is 6.09 Å². The third kappa shape index (κ3) is 3.84. The third-order valence-corrected chi connectivity index (χ3v) is 4.28. The number of pyridine rings is 1. The Labute approximate surface area is 137 Å². The van der Waals surface area contributed by atoms with Crippen LogP contribution in [0, 0.1) is 0 Å². The molecule has 1 aliphatic heterocycles. The number of ether oxygens (including phenoxy) is 1. The molecule has 2 aliphatic rings. The van der Waals surface area contributed by atoms with E-state index in [1.54, 1.807) is 0 Å². The zero-order valence-corrected chi connectivity index (χ0v) is 14.1. The van der Waals surface area contributed by atoms with Gasteiger partial charge in [0, 0.05) is 24.7 Å². The lowest BCUT2D eigenvalue weighted by atomic mass is 9.86. The quantitative estimate of drug-likeness (QED) is 0.819. The van der Waals surface area contributed by atoms with Crippen molar-refractivity contribution in [3.05, 3.63) is 35.7 Å². The van der Waals surface area contributed by atoms with Gasteiger partial charge in [0.2, 0.25) is 0 Å². The maximum atomic E-state index is 11.9. The molecule has 0 saturated heterocycles. The van der Waals surface area contributed by atoms with Crippen LogP contribution in [0.3, 0.4) is 0 Å². The highest BCUT2D eigenvalue weighted by Gasteiger charge is 2.29. The van der Waals surface area contributed by atoms with Crippen LogP contribution in [0.5, 0.6) is 0 Å². The van der Waals surface area contributed by atoms with Gasteiger partial charge in [-0.05, 0) is 52.2 Å². The van der Waals surface area contributed by atoms with Crippen LogP contribution in [-0.4, -0.2) is 29.3 Å². The van der Waals surface area contributed by atoms with Crippen molar-refractivity contribution >= 4 is 11.8 Å². The lowest BCUT2D eigenvalue weighted by molar-refractivity contribution is 0.0501. The van der Waals surface area contributed by atoms with Crippen LogP contribution in [0.2, 0.25) is 0 Å². The Kier molecular flexibility index (Phi) is 4.28. The molecule has 1 aromatic rings. The monoisotopic (exact) mass is 315 g/mol. The molecule has 0 aromatic carbocycles. The van der Waals surface area contributed by atoms with Gasteiger partial charge < -0.3 is 15.4 Å². The number of alkyl carbamates (subject to hydrolysis) is 1. The number of hydrogen-bond acceptors (Lipinski definition) is 4. The molecule has 0 saturated carbocycles. The molecule has 1 aromatic heterocycles. The molecule has 2 unspecified atom stereocenters. The van der Waals surface area contributed by atoms with E-state index in [0.29, 0.717) is 5.92 Å². The average molecular weight is 315 g/mol. The van der Waals surface area contributed by atoms with E-state index in [4.69, 9.17) is 4.74 Å². The minimum Gasteiger partial charge on any atom is -0.444 e. The summed E-state index contributed by atoms with van der Waals surface area (Å²) >= 11 is 0. The fourth-order valence-corrected chi connectivity index (χ4v) is 3.24. The fourth-order valence-electron chi connectivity index (χ4n) is 3.24. The molecule has 0 fully saturated rings. The molecule has 1 aliphatic carbocycles. The minimum absolute atomic E-state index is 0.158. The smallest absolute Gasteiger partial charge is 0.407 e.